The number of amidine groups is 1. The summed E-state index contributed by atoms with van der Waals surface area (Å²) < 4.78 is 33.2. The fourth-order valence-corrected chi connectivity index (χ4v) is 3.43. The molecule has 2 aliphatic rings. The van der Waals surface area contributed by atoms with E-state index in [0.29, 0.717) is 25.1 Å². The normalized spacial score (nSPS) is 17.7. The predicted octanol–water partition coefficient (Wildman–Crippen LogP) is 4.06. The summed E-state index contributed by atoms with van der Waals surface area (Å²) in [7, 11) is 0. The van der Waals surface area contributed by atoms with Gasteiger partial charge in [-0.25, -0.2) is 0 Å². The molecular weight excluding hydrogens is 414 g/mol. The summed E-state index contributed by atoms with van der Waals surface area (Å²) in [5, 5.41) is 16.1. The molecule has 0 saturated carbocycles. The molecule has 1 aromatic carbocycles. The number of halogens is 2. The third-order valence-electron chi connectivity index (χ3n) is 5.24. The van der Waals surface area contributed by atoms with E-state index in [1.165, 1.54) is 0 Å². The molecule has 4 N–H and O–H groups in total. The van der Waals surface area contributed by atoms with Gasteiger partial charge in [-0.05, 0) is 37.1 Å². The number of alkyl halides is 2. The van der Waals surface area contributed by atoms with E-state index in [-0.39, 0.29) is 17.7 Å². The Balaban J connectivity index is 1.48. The van der Waals surface area contributed by atoms with Crippen LogP contribution in [-0.2, 0) is 0 Å². The molecule has 164 valence electrons. The van der Waals surface area contributed by atoms with Gasteiger partial charge in [-0.3, -0.25) is 10.2 Å². The van der Waals surface area contributed by atoms with Crippen molar-refractivity contribution in [2.75, 3.05) is 18.4 Å². The molecule has 2 aliphatic heterocycles. The maximum Gasteiger partial charge on any atom is 0.287 e. The van der Waals surface area contributed by atoms with Gasteiger partial charge in [0.15, 0.2) is 5.76 Å². The molecule has 0 atom stereocenters. The van der Waals surface area contributed by atoms with Crippen molar-refractivity contribution in [3.8, 4) is 11.8 Å². The average Bonchev–Trinajstić information content (AvgIpc) is 3.22. The van der Waals surface area contributed by atoms with E-state index in [1.54, 1.807) is 24.5 Å². The van der Waals surface area contributed by atoms with E-state index in [1.807, 2.05) is 19.1 Å². The van der Waals surface area contributed by atoms with E-state index in [2.05, 4.69) is 27.8 Å². The van der Waals surface area contributed by atoms with Gasteiger partial charge in [0.1, 0.15) is 5.84 Å². The van der Waals surface area contributed by atoms with E-state index >= 15 is 0 Å². The fraction of sp³-hybridized carbons (Fsp3) is 0.250. The summed E-state index contributed by atoms with van der Waals surface area (Å²) in [5.74, 6) is 2.90. The fourth-order valence-electron chi connectivity index (χ4n) is 3.43. The molecule has 6 nitrogen and oxygen atoms in total. The van der Waals surface area contributed by atoms with Crippen LogP contribution < -0.4 is 16.0 Å². The molecule has 1 saturated heterocycles. The minimum atomic E-state index is -3.03. The van der Waals surface area contributed by atoms with Crippen LogP contribution in [0, 0.1) is 24.2 Å². The first kappa shape index (κ1) is 21.4. The van der Waals surface area contributed by atoms with E-state index < -0.39 is 17.7 Å². The minimum Gasteiger partial charge on any atom is -0.463 e. The molecule has 4 rings (SSSR count). The van der Waals surface area contributed by atoms with Gasteiger partial charge in [-0.2, -0.15) is 8.78 Å². The smallest absolute Gasteiger partial charge is 0.287 e. The summed E-state index contributed by atoms with van der Waals surface area (Å²) >= 11 is 0. The molecule has 0 aliphatic carbocycles. The number of furan rings is 1. The molecular formula is C24H22F2N4O2. The lowest BCUT2D eigenvalue weighted by atomic mass is 10.0. The SMILES string of the molecule is Cc1ccc(C(=O)NC(=N)/C=C2\NCCCC2(F)F)cc1C#CC1=Cc2occc2NC1. The van der Waals surface area contributed by atoms with Gasteiger partial charge in [0.05, 0.1) is 17.6 Å². The molecule has 0 unspecified atom stereocenters. The molecule has 1 aromatic heterocycles. The van der Waals surface area contributed by atoms with Crippen molar-refractivity contribution in [2.24, 2.45) is 0 Å². The number of allylic oxidation sites excluding steroid dienone is 1. The van der Waals surface area contributed by atoms with Gasteiger partial charge in [0, 0.05) is 48.4 Å². The summed E-state index contributed by atoms with van der Waals surface area (Å²) in [4.78, 5) is 12.6. The zero-order valence-corrected chi connectivity index (χ0v) is 17.4. The molecule has 3 heterocycles. The molecule has 2 aromatic rings. The second-order valence-electron chi connectivity index (χ2n) is 7.66. The zero-order valence-electron chi connectivity index (χ0n) is 17.4. The topological polar surface area (TPSA) is 90.2 Å². The van der Waals surface area contributed by atoms with Crippen molar-refractivity contribution in [2.45, 2.75) is 25.7 Å². The monoisotopic (exact) mass is 436 g/mol. The Kier molecular flexibility index (Phi) is 5.82. The van der Waals surface area contributed by atoms with Crippen LogP contribution in [0.15, 0.2) is 52.3 Å². The van der Waals surface area contributed by atoms with Gasteiger partial charge in [0.2, 0.25) is 0 Å². The van der Waals surface area contributed by atoms with Crippen molar-refractivity contribution in [1.82, 2.24) is 10.6 Å². The van der Waals surface area contributed by atoms with Crippen LogP contribution in [0.5, 0.6) is 0 Å². The standard InChI is InChI=1S/C24H22F2N4O2/c1-15-3-5-18(23(31)30-22(27)13-21-24(25,26)8-2-9-28-21)12-17(15)6-4-16-11-20-19(29-14-16)7-10-32-20/h3,5,7,10-13,28-29H,2,8-9,14H2,1H3,(H2,27,30,31)/b21-13-. The molecule has 0 spiro atoms. The number of carbonyl (C=O) groups is 1. The number of nitrogens with one attached hydrogen (secondary N) is 4. The number of carbonyl (C=O) groups excluding carboxylic acids is 1. The highest BCUT2D eigenvalue weighted by Crippen LogP contribution is 2.30. The number of anilines is 1. The van der Waals surface area contributed by atoms with Crippen molar-refractivity contribution in [1.29, 1.82) is 5.41 Å². The second kappa shape index (κ2) is 8.71. The van der Waals surface area contributed by atoms with Crippen LogP contribution in [0.2, 0.25) is 0 Å². The van der Waals surface area contributed by atoms with Crippen LogP contribution in [0.3, 0.4) is 0 Å². The highest BCUT2D eigenvalue weighted by Gasteiger charge is 2.36. The minimum absolute atomic E-state index is 0.278. The number of fused-ring (bicyclic) bond motifs is 1. The first-order chi connectivity index (χ1) is 15.3. The number of aryl methyl sites for hydroxylation is 1. The van der Waals surface area contributed by atoms with E-state index in [0.717, 1.165) is 28.7 Å². The molecule has 1 amide bonds. The third-order valence-corrected chi connectivity index (χ3v) is 5.24. The van der Waals surface area contributed by atoms with Crippen molar-refractivity contribution in [3.63, 3.8) is 0 Å². The van der Waals surface area contributed by atoms with Crippen molar-refractivity contribution in [3.05, 3.63) is 70.3 Å². The van der Waals surface area contributed by atoms with Gasteiger partial charge >= 0.3 is 0 Å². The lowest BCUT2D eigenvalue weighted by Gasteiger charge is -2.26. The Morgan fingerprint density at radius 1 is 1.28 bits per heavy atom. The first-order valence-corrected chi connectivity index (χ1v) is 10.2. The molecule has 0 bridgehead atoms. The maximum atomic E-state index is 13.9. The van der Waals surface area contributed by atoms with Crippen molar-refractivity contribution < 1.29 is 18.0 Å². The van der Waals surface area contributed by atoms with Crippen LogP contribution in [0.25, 0.3) is 6.08 Å². The predicted molar refractivity (Wildman–Crippen MR) is 119 cm³/mol. The molecule has 1 fully saturated rings. The average molecular weight is 436 g/mol. The van der Waals surface area contributed by atoms with Crippen LogP contribution in [-0.4, -0.2) is 30.8 Å². The Labute approximate surface area is 184 Å². The molecule has 0 radical (unpaired) electrons. The van der Waals surface area contributed by atoms with E-state index in [4.69, 9.17) is 9.83 Å². The summed E-state index contributed by atoms with van der Waals surface area (Å²) in [6.45, 7) is 2.87. The van der Waals surface area contributed by atoms with Crippen LogP contribution in [0.1, 0.15) is 40.1 Å². The number of amides is 1. The first-order valence-electron chi connectivity index (χ1n) is 10.2. The largest absolute Gasteiger partial charge is 0.463 e. The lowest BCUT2D eigenvalue weighted by molar-refractivity contribution is 0.0125. The highest BCUT2D eigenvalue weighted by atomic mass is 19.3. The van der Waals surface area contributed by atoms with Crippen molar-refractivity contribution >= 4 is 23.5 Å². The van der Waals surface area contributed by atoms with E-state index in [9.17, 15) is 13.6 Å². The summed E-state index contributed by atoms with van der Waals surface area (Å²) in [6.07, 6.45) is 4.52. The Bertz CT molecular complexity index is 1200. The number of piperidine rings is 1. The number of rotatable bonds is 2. The third kappa shape index (κ3) is 4.72. The zero-order chi connectivity index (χ0) is 22.7. The quantitative estimate of drug-likeness (QED) is 0.325. The van der Waals surface area contributed by atoms with Gasteiger partial charge in [0.25, 0.3) is 11.8 Å². The summed E-state index contributed by atoms with van der Waals surface area (Å²) in [5.41, 5.74) is 3.25. The lowest BCUT2D eigenvalue weighted by Crippen LogP contribution is -2.38. The number of hydrogen-bond donors (Lipinski definition) is 4. The van der Waals surface area contributed by atoms with Crippen LogP contribution in [0.4, 0.5) is 14.5 Å². The Morgan fingerprint density at radius 3 is 2.94 bits per heavy atom. The maximum absolute atomic E-state index is 13.9. The van der Waals surface area contributed by atoms with Gasteiger partial charge < -0.3 is 20.4 Å². The Hall–Kier alpha value is -3.86. The molecule has 32 heavy (non-hydrogen) atoms. The van der Waals surface area contributed by atoms with Gasteiger partial charge in [-0.1, -0.05) is 17.9 Å². The van der Waals surface area contributed by atoms with Crippen LogP contribution >= 0.6 is 0 Å². The number of hydrogen-bond acceptors (Lipinski definition) is 5. The Morgan fingerprint density at radius 2 is 2.12 bits per heavy atom. The molecule has 8 heteroatoms. The number of benzene rings is 1. The summed E-state index contributed by atoms with van der Waals surface area (Å²) in [6, 6.07) is 6.85. The van der Waals surface area contributed by atoms with Gasteiger partial charge in [-0.15, -0.1) is 0 Å². The highest BCUT2D eigenvalue weighted by molar-refractivity contribution is 6.09. The second-order valence-corrected chi connectivity index (χ2v) is 7.66.